The summed E-state index contributed by atoms with van der Waals surface area (Å²) in [5, 5.41) is 0. The predicted octanol–water partition coefficient (Wildman–Crippen LogP) is 3.21. The molecule has 0 N–H and O–H groups in total. The van der Waals surface area contributed by atoms with Crippen LogP contribution in [0.3, 0.4) is 0 Å². The molecule has 0 aliphatic rings. The lowest BCUT2D eigenvalue weighted by molar-refractivity contribution is 0.686. The van der Waals surface area contributed by atoms with Crippen molar-refractivity contribution in [2.24, 2.45) is 11.8 Å². The fourth-order valence-corrected chi connectivity index (χ4v) is 0. The van der Waals surface area contributed by atoms with Gasteiger partial charge in [0.15, 0.2) is 0 Å². The van der Waals surface area contributed by atoms with Crippen LogP contribution in [0.25, 0.3) is 0 Å². The third-order valence-corrected chi connectivity index (χ3v) is 0. The number of hydrogen-bond acceptors (Lipinski definition) is 0. The normalized spacial score (nSPS) is 8.00. The van der Waals surface area contributed by atoms with Crippen LogP contribution in [0.2, 0.25) is 0 Å². The van der Waals surface area contributed by atoms with Gasteiger partial charge in [0, 0.05) is 5.48 Å². The Labute approximate surface area is 59.8 Å². The SMILES string of the molecule is CC(C)C.CC(C)C.[O]. The van der Waals surface area contributed by atoms with Crippen molar-refractivity contribution in [2.75, 3.05) is 0 Å². The van der Waals surface area contributed by atoms with Crippen molar-refractivity contribution in [1.29, 1.82) is 0 Å². The van der Waals surface area contributed by atoms with Crippen LogP contribution >= 0.6 is 0 Å². The zero-order valence-corrected chi connectivity index (χ0v) is 7.56. The highest BCUT2D eigenvalue weighted by molar-refractivity contribution is 4.21. The molecule has 0 aliphatic carbocycles. The molecule has 1 heteroatoms. The first kappa shape index (κ1) is 16.0. The Kier molecular flexibility index (Phi) is 19.3. The van der Waals surface area contributed by atoms with E-state index < -0.39 is 0 Å². The Morgan fingerprint density at radius 1 is 0.556 bits per heavy atom. The Bertz CT molecular complexity index is 20.0. The van der Waals surface area contributed by atoms with Crippen LogP contribution in [0.15, 0.2) is 0 Å². The number of hydrogen-bond donors (Lipinski definition) is 0. The fourth-order valence-electron chi connectivity index (χ4n) is 0. The van der Waals surface area contributed by atoms with Gasteiger partial charge in [0.05, 0.1) is 0 Å². The van der Waals surface area contributed by atoms with Crippen LogP contribution in [-0.2, 0) is 5.48 Å². The lowest BCUT2D eigenvalue weighted by atomic mass is 10.3. The van der Waals surface area contributed by atoms with Crippen molar-refractivity contribution in [3.05, 3.63) is 0 Å². The van der Waals surface area contributed by atoms with Gasteiger partial charge in [-0.25, -0.2) is 0 Å². The maximum Gasteiger partial charge on any atom is 0 e. The summed E-state index contributed by atoms with van der Waals surface area (Å²) in [4.78, 5) is 0. The fraction of sp³-hybridized carbons (Fsp3) is 1.00. The molecule has 0 heterocycles. The van der Waals surface area contributed by atoms with Crippen LogP contribution in [0.5, 0.6) is 0 Å². The molecule has 2 radical (unpaired) electrons. The lowest BCUT2D eigenvalue weighted by Gasteiger charge is -1.79. The molecule has 0 amide bonds. The smallest absolute Gasteiger partial charge is 0 e. The van der Waals surface area contributed by atoms with Gasteiger partial charge in [0.1, 0.15) is 0 Å². The Morgan fingerprint density at radius 2 is 0.556 bits per heavy atom. The summed E-state index contributed by atoms with van der Waals surface area (Å²) in [5.41, 5.74) is 0. The zero-order valence-electron chi connectivity index (χ0n) is 7.56. The molecule has 0 bridgehead atoms. The molecule has 0 aromatic heterocycles. The zero-order chi connectivity index (χ0) is 7.15. The van der Waals surface area contributed by atoms with Crippen molar-refractivity contribution in [1.82, 2.24) is 0 Å². The van der Waals surface area contributed by atoms with E-state index in [-0.39, 0.29) is 5.48 Å². The van der Waals surface area contributed by atoms with Gasteiger partial charge < -0.3 is 0 Å². The van der Waals surface area contributed by atoms with E-state index in [0.29, 0.717) is 0 Å². The van der Waals surface area contributed by atoms with Crippen LogP contribution < -0.4 is 0 Å². The largest absolute Gasteiger partial charge is 0.0630 e. The first-order valence-electron chi connectivity index (χ1n) is 3.46. The highest BCUT2D eigenvalue weighted by atomic mass is 16.0. The van der Waals surface area contributed by atoms with E-state index in [2.05, 4.69) is 41.5 Å². The number of rotatable bonds is 0. The minimum Gasteiger partial charge on any atom is -0.0630 e. The van der Waals surface area contributed by atoms with Gasteiger partial charge >= 0.3 is 0 Å². The summed E-state index contributed by atoms with van der Waals surface area (Å²) in [6, 6.07) is 0. The van der Waals surface area contributed by atoms with Gasteiger partial charge in [0.2, 0.25) is 0 Å². The molecule has 0 rings (SSSR count). The van der Waals surface area contributed by atoms with Crippen molar-refractivity contribution >= 4 is 0 Å². The van der Waals surface area contributed by atoms with Crippen molar-refractivity contribution in [2.45, 2.75) is 41.5 Å². The summed E-state index contributed by atoms with van der Waals surface area (Å²) < 4.78 is 0. The maximum atomic E-state index is 2.17. The van der Waals surface area contributed by atoms with E-state index in [1.807, 2.05) is 0 Å². The van der Waals surface area contributed by atoms with Crippen molar-refractivity contribution in [3.8, 4) is 0 Å². The average molecular weight is 132 g/mol. The van der Waals surface area contributed by atoms with Gasteiger partial charge in [-0.15, -0.1) is 0 Å². The van der Waals surface area contributed by atoms with E-state index in [4.69, 9.17) is 0 Å². The first-order valence-corrected chi connectivity index (χ1v) is 3.46. The molecule has 0 aromatic carbocycles. The van der Waals surface area contributed by atoms with E-state index in [9.17, 15) is 0 Å². The van der Waals surface area contributed by atoms with Gasteiger partial charge in [-0.2, -0.15) is 0 Å². The van der Waals surface area contributed by atoms with E-state index in [1.165, 1.54) is 0 Å². The molecule has 0 aliphatic heterocycles. The third-order valence-electron chi connectivity index (χ3n) is 0. The summed E-state index contributed by atoms with van der Waals surface area (Å²) >= 11 is 0. The van der Waals surface area contributed by atoms with Crippen molar-refractivity contribution in [3.63, 3.8) is 0 Å². The predicted molar refractivity (Wildman–Crippen MR) is 41.7 cm³/mol. The molecule has 0 unspecified atom stereocenters. The van der Waals surface area contributed by atoms with E-state index in [0.717, 1.165) is 11.8 Å². The highest BCUT2D eigenvalue weighted by Crippen LogP contribution is 1.81. The Hall–Kier alpha value is -0.0400. The molecule has 0 atom stereocenters. The molecule has 0 saturated heterocycles. The first-order chi connectivity index (χ1) is 3.46. The minimum atomic E-state index is 0. The second-order valence-corrected chi connectivity index (χ2v) is 3.46. The molecular formula is C8H20O. The topological polar surface area (TPSA) is 28.5 Å². The molecule has 9 heavy (non-hydrogen) atoms. The lowest BCUT2D eigenvalue weighted by Crippen LogP contribution is -1.66. The standard InChI is InChI=1S/2C4H10.O/c2*1-4(2)3;/h2*4H,1-3H3;. The molecule has 0 spiro atoms. The van der Waals surface area contributed by atoms with E-state index in [1.54, 1.807) is 0 Å². The summed E-state index contributed by atoms with van der Waals surface area (Å²) in [6.07, 6.45) is 0. The van der Waals surface area contributed by atoms with Crippen LogP contribution in [0.1, 0.15) is 41.5 Å². The maximum absolute atomic E-state index is 2.17. The highest BCUT2D eigenvalue weighted by Gasteiger charge is 1.68. The van der Waals surface area contributed by atoms with E-state index >= 15 is 0 Å². The van der Waals surface area contributed by atoms with Crippen LogP contribution in [-0.4, -0.2) is 0 Å². The summed E-state index contributed by atoms with van der Waals surface area (Å²) in [7, 11) is 0. The van der Waals surface area contributed by atoms with Crippen LogP contribution in [0.4, 0.5) is 0 Å². The minimum absolute atomic E-state index is 0. The summed E-state index contributed by atoms with van der Waals surface area (Å²) in [5.74, 6) is 1.67. The Balaban J connectivity index is -0.0000000720. The molecular weight excluding hydrogens is 112 g/mol. The average Bonchev–Trinajstić information content (AvgIpc) is 1.25. The third kappa shape index (κ3) is 177000. The quantitative estimate of drug-likeness (QED) is 0.484. The molecule has 1 nitrogen and oxygen atoms in total. The monoisotopic (exact) mass is 132 g/mol. The van der Waals surface area contributed by atoms with Crippen molar-refractivity contribution < 1.29 is 5.48 Å². The molecule has 0 fully saturated rings. The van der Waals surface area contributed by atoms with Gasteiger partial charge in [-0.1, -0.05) is 41.5 Å². The van der Waals surface area contributed by atoms with Gasteiger partial charge in [0.25, 0.3) is 0 Å². The van der Waals surface area contributed by atoms with Crippen LogP contribution in [0, 0.1) is 11.8 Å². The van der Waals surface area contributed by atoms with Gasteiger partial charge in [-0.3, -0.25) is 0 Å². The van der Waals surface area contributed by atoms with Gasteiger partial charge in [-0.05, 0) is 11.8 Å². The summed E-state index contributed by atoms with van der Waals surface area (Å²) in [6.45, 7) is 13.0. The second kappa shape index (κ2) is 10.9. The molecule has 0 saturated carbocycles. The molecule has 58 valence electrons. The Morgan fingerprint density at radius 3 is 0.556 bits per heavy atom. The second-order valence-electron chi connectivity index (χ2n) is 3.46. The molecule has 0 aromatic rings.